The third-order valence-corrected chi connectivity index (χ3v) is 4.98. The highest BCUT2D eigenvalue weighted by molar-refractivity contribution is 9.09. The number of aromatic nitrogens is 4. The van der Waals surface area contributed by atoms with Crippen molar-refractivity contribution in [1.82, 2.24) is 18.7 Å². The highest BCUT2D eigenvalue weighted by Gasteiger charge is 2.20. The molecule has 2 aromatic rings. The van der Waals surface area contributed by atoms with Gasteiger partial charge in [-0.1, -0.05) is 41.8 Å². The Morgan fingerprint density at radius 2 is 1.84 bits per heavy atom. The molecule has 0 N–H and O–H groups in total. The van der Waals surface area contributed by atoms with Crippen molar-refractivity contribution in [2.75, 3.05) is 5.33 Å². The molecule has 0 saturated carbocycles. The number of rotatable bonds is 10. The molecule has 2 heterocycles. The Bertz CT molecular complexity index is 853. The Kier molecular flexibility index (Phi) is 7.50. The molecular formula is C17H24BrClN4O2. The number of allylic oxidation sites excluding steroid dienone is 1. The summed E-state index contributed by atoms with van der Waals surface area (Å²) in [6.45, 7) is 7.07. The largest absolute Gasteiger partial charge is 0.332 e. The van der Waals surface area contributed by atoms with Crippen molar-refractivity contribution in [1.29, 1.82) is 0 Å². The first-order chi connectivity index (χ1) is 12.1. The van der Waals surface area contributed by atoms with Gasteiger partial charge in [-0.15, -0.1) is 6.58 Å². The zero-order valence-electron chi connectivity index (χ0n) is 14.5. The van der Waals surface area contributed by atoms with Crippen molar-refractivity contribution in [3.8, 4) is 0 Å². The molecular weight excluding hydrogens is 408 g/mol. The molecule has 0 unspecified atom stereocenters. The van der Waals surface area contributed by atoms with E-state index >= 15 is 0 Å². The predicted octanol–water partition coefficient (Wildman–Crippen LogP) is 3.56. The van der Waals surface area contributed by atoms with Gasteiger partial charge in [-0.2, -0.15) is 4.98 Å². The van der Waals surface area contributed by atoms with Gasteiger partial charge < -0.3 is 4.57 Å². The van der Waals surface area contributed by atoms with Crippen molar-refractivity contribution in [2.45, 2.75) is 58.7 Å². The molecule has 0 aromatic carbocycles. The zero-order chi connectivity index (χ0) is 18.4. The normalized spacial score (nSPS) is 11.3. The lowest BCUT2D eigenvalue weighted by molar-refractivity contribution is 0.521. The molecule has 0 radical (unpaired) electrons. The molecule has 8 heteroatoms. The standard InChI is InChI=1S/C17H24BrClN4O2/c1-3-5-11-22-14-13(21(10-4-2)16(19)20-14)15(24)23(17(22)25)12-8-6-7-9-18/h4H,2-3,5-12H2,1H3. The fraction of sp³-hybridized carbons (Fsp3) is 0.588. The summed E-state index contributed by atoms with van der Waals surface area (Å²) in [5, 5.41) is 1.12. The van der Waals surface area contributed by atoms with Crippen LogP contribution in [0, 0.1) is 0 Å². The highest BCUT2D eigenvalue weighted by Crippen LogP contribution is 2.16. The van der Waals surface area contributed by atoms with Gasteiger partial charge in [0.15, 0.2) is 11.2 Å². The van der Waals surface area contributed by atoms with E-state index in [1.807, 2.05) is 0 Å². The molecule has 0 aliphatic carbocycles. The molecule has 0 bridgehead atoms. The molecule has 0 fully saturated rings. The smallest absolute Gasteiger partial charge is 0.305 e. The average Bonchev–Trinajstić information content (AvgIpc) is 2.91. The maximum Gasteiger partial charge on any atom is 0.332 e. The summed E-state index contributed by atoms with van der Waals surface area (Å²) in [5.74, 6) is 0. The van der Waals surface area contributed by atoms with Crippen LogP contribution in [0.4, 0.5) is 0 Å². The van der Waals surface area contributed by atoms with Gasteiger partial charge >= 0.3 is 5.69 Å². The van der Waals surface area contributed by atoms with Crippen molar-refractivity contribution in [2.24, 2.45) is 0 Å². The van der Waals surface area contributed by atoms with Gasteiger partial charge in [0.05, 0.1) is 0 Å². The third-order valence-electron chi connectivity index (χ3n) is 4.13. The van der Waals surface area contributed by atoms with Crippen molar-refractivity contribution < 1.29 is 0 Å². The second kappa shape index (κ2) is 9.38. The van der Waals surface area contributed by atoms with E-state index in [0.717, 1.165) is 37.4 Å². The van der Waals surface area contributed by atoms with Gasteiger partial charge in [-0.3, -0.25) is 13.9 Å². The maximum absolute atomic E-state index is 12.9. The van der Waals surface area contributed by atoms with Gasteiger partial charge in [-0.05, 0) is 30.9 Å². The number of alkyl halides is 1. The molecule has 0 amide bonds. The first kappa shape index (κ1) is 20.0. The van der Waals surface area contributed by atoms with Crippen LogP contribution in [0.3, 0.4) is 0 Å². The number of halogens is 2. The van der Waals surface area contributed by atoms with Crippen molar-refractivity contribution in [3.63, 3.8) is 0 Å². The van der Waals surface area contributed by atoms with E-state index in [-0.39, 0.29) is 16.5 Å². The van der Waals surface area contributed by atoms with E-state index in [2.05, 4.69) is 34.4 Å². The highest BCUT2D eigenvalue weighted by atomic mass is 79.9. The molecule has 0 saturated heterocycles. The van der Waals surface area contributed by atoms with Crippen LogP contribution in [-0.4, -0.2) is 24.0 Å². The van der Waals surface area contributed by atoms with Crippen molar-refractivity contribution in [3.05, 3.63) is 38.8 Å². The fourth-order valence-corrected chi connectivity index (χ4v) is 3.45. The summed E-state index contributed by atoms with van der Waals surface area (Å²) in [6, 6.07) is 0. The van der Waals surface area contributed by atoms with E-state index in [9.17, 15) is 9.59 Å². The maximum atomic E-state index is 12.9. The zero-order valence-corrected chi connectivity index (χ0v) is 16.9. The van der Waals surface area contributed by atoms with E-state index in [0.29, 0.717) is 30.8 Å². The number of unbranched alkanes of at least 4 members (excludes halogenated alkanes) is 3. The minimum atomic E-state index is -0.326. The van der Waals surface area contributed by atoms with E-state index < -0.39 is 0 Å². The minimum Gasteiger partial charge on any atom is -0.305 e. The Morgan fingerprint density at radius 1 is 1.12 bits per heavy atom. The average molecular weight is 432 g/mol. The molecule has 0 spiro atoms. The Hall–Kier alpha value is -1.34. The van der Waals surface area contributed by atoms with Gasteiger partial charge in [0, 0.05) is 25.0 Å². The number of fused-ring (bicyclic) bond motifs is 1. The number of hydrogen-bond acceptors (Lipinski definition) is 3. The molecule has 2 aromatic heterocycles. The van der Waals surface area contributed by atoms with Crippen LogP contribution in [0.15, 0.2) is 22.2 Å². The Labute approximate surface area is 160 Å². The first-order valence-electron chi connectivity index (χ1n) is 8.63. The molecule has 2 rings (SSSR count). The molecule has 0 aliphatic rings. The van der Waals surface area contributed by atoms with Gasteiger partial charge in [0.1, 0.15) is 0 Å². The van der Waals surface area contributed by atoms with Gasteiger partial charge in [-0.25, -0.2) is 4.79 Å². The van der Waals surface area contributed by atoms with Crippen LogP contribution in [-0.2, 0) is 19.6 Å². The van der Waals surface area contributed by atoms with Crippen LogP contribution in [0.1, 0.15) is 39.0 Å². The van der Waals surface area contributed by atoms with E-state index in [4.69, 9.17) is 11.6 Å². The van der Waals surface area contributed by atoms with Crippen LogP contribution in [0.2, 0.25) is 5.28 Å². The summed E-state index contributed by atoms with van der Waals surface area (Å²) in [7, 11) is 0. The summed E-state index contributed by atoms with van der Waals surface area (Å²) in [4.78, 5) is 30.1. The summed E-state index contributed by atoms with van der Waals surface area (Å²) < 4.78 is 4.52. The van der Waals surface area contributed by atoms with Gasteiger partial charge in [0.25, 0.3) is 5.56 Å². The monoisotopic (exact) mass is 430 g/mol. The lowest BCUT2D eigenvalue weighted by atomic mass is 10.2. The lowest BCUT2D eigenvalue weighted by Crippen LogP contribution is -2.40. The number of nitrogens with zero attached hydrogens (tertiary/aromatic N) is 4. The van der Waals surface area contributed by atoms with E-state index in [1.54, 1.807) is 15.2 Å². The third kappa shape index (κ3) is 4.26. The van der Waals surface area contributed by atoms with Crippen LogP contribution in [0.5, 0.6) is 0 Å². The van der Waals surface area contributed by atoms with Crippen LogP contribution < -0.4 is 11.2 Å². The fourth-order valence-electron chi connectivity index (χ4n) is 2.82. The quantitative estimate of drug-likeness (QED) is 0.250. The predicted molar refractivity (Wildman–Crippen MR) is 106 cm³/mol. The molecule has 6 nitrogen and oxygen atoms in total. The summed E-state index contributed by atoms with van der Waals surface area (Å²) in [6.07, 6.45) is 6.19. The lowest BCUT2D eigenvalue weighted by Gasteiger charge is -2.12. The SMILES string of the molecule is C=CCn1c(Cl)nc2c1c(=O)n(CCCCCBr)c(=O)n2CCCC. The van der Waals surface area contributed by atoms with Crippen LogP contribution in [0.25, 0.3) is 11.2 Å². The molecule has 0 aliphatic heterocycles. The second-order valence-electron chi connectivity index (χ2n) is 5.95. The number of hydrogen-bond donors (Lipinski definition) is 0. The number of imidazole rings is 1. The Morgan fingerprint density at radius 3 is 2.48 bits per heavy atom. The minimum absolute atomic E-state index is 0.202. The molecule has 25 heavy (non-hydrogen) atoms. The summed E-state index contributed by atoms with van der Waals surface area (Å²) >= 11 is 9.61. The summed E-state index contributed by atoms with van der Waals surface area (Å²) in [5.41, 5.74) is 0.116. The van der Waals surface area contributed by atoms with Crippen molar-refractivity contribution >= 4 is 38.7 Å². The van der Waals surface area contributed by atoms with Crippen LogP contribution >= 0.6 is 27.5 Å². The first-order valence-corrected chi connectivity index (χ1v) is 10.1. The second-order valence-corrected chi connectivity index (χ2v) is 7.08. The number of aryl methyl sites for hydroxylation is 1. The molecule has 138 valence electrons. The van der Waals surface area contributed by atoms with E-state index in [1.165, 1.54) is 4.57 Å². The molecule has 0 atom stereocenters. The Balaban J connectivity index is 2.62. The van der Waals surface area contributed by atoms with Gasteiger partial charge in [0.2, 0.25) is 5.28 Å². The topological polar surface area (TPSA) is 61.8 Å².